The predicted molar refractivity (Wildman–Crippen MR) is 102 cm³/mol. The van der Waals surface area contributed by atoms with Gasteiger partial charge in [-0.2, -0.15) is 0 Å². The standard InChI is InChI=1S/C21H29N3O4/c1-5-14(6-2)10-24-12-21-8-7-16(27-21)17(18(21)20(24)26)19(25)23(4)11-15-9-13(3)22-28-15/h7-9,14,16-18H,5-6,10-12H2,1-4H3/t16-,17+,18-,21-/m0/s1. The lowest BCUT2D eigenvalue weighted by Crippen LogP contribution is -2.44. The number of aromatic nitrogens is 1. The van der Waals surface area contributed by atoms with E-state index in [0.29, 0.717) is 24.8 Å². The Kier molecular flexibility index (Phi) is 4.81. The van der Waals surface area contributed by atoms with Gasteiger partial charge in [0.1, 0.15) is 5.60 Å². The average Bonchev–Trinajstić information content (AvgIpc) is 3.41. The monoisotopic (exact) mass is 387 g/mol. The van der Waals surface area contributed by atoms with Gasteiger partial charge in [-0.3, -0.25) is 9.59 Å². The second-order valence-corrected chi connectivity index (χ2v) is 8.43. The zero-order valence-electron chi connectivity index (χ0n) is 17.1. The maximum atomic E-state index is 13.3. The van der Waals surface area contributed by atoms with Crippen LogP contribution in [0.2, 0.25) is 0 Å². The number of carbonyl (C=O) groups excluding carboxylic acids is 2. The summed E-state index contributed by atoms with van der Waals surface area (Å²) in [6.07, 6.45) is 5.73. The lowest BCUT2D eigenvalue weighted by atomic mass is 9.76. The molecule has 3 aliphatic heterocycles. The molecule has 2 amide bonds. The van der Waals surface area contributed by atoms with E-state index in [9.17, 15) is 9.59 Å². The Morgan fingerprint density at radius 1 is 1.43 bits per heavy atom. The third kappa shape index (κ3) is 2.96. The molecule has 1 spiro atoms. The van der Waals surface area contributed by atoms with Crippen LogP contribution in [-0.2, 0) is 20.9 Å². The molecule has 4 rings (SSSR count). The van der Waals surface area contributed by atoms with Crippen LogP contribution in [0.25, 0.3) is 0 Å². The third-order valence-electron chi connectivity index (χ3n) is 6.54. The summed E-state index contributed by atoms with van der Waals surface area (Å²) in [6, 6.07) is 1.82. The van der Waals surface area contributed by atoms with Crippen molar-refractivity contribution in [3.8, 4) is 0 Å². The van der Waals surface area contributed by atoms with Crippen LogP contribution in [-0.4, -0.2) is 58.6 Å². The molecule has 0 saturated carbocycles. The number of fused-ring (bicyclic) bond motifs is 1. The summed E-state index contributed by atoms with van der Waals surface area (Å²) in [5.74, 6) is 0.193. The van der Waals surface area contributed by atoms with Crippen molar-refractivity contribution in [1.29, 1.82) is 0 Å². The van der Waals surface area contributed by atoms with Gasteiger partial charge in [0, 0.05) is 19.7 Å². The van der Waals surface area contributed by atoms with E-state index in [0.717, 1.165) is 25.1 Å². The molecule has 7 heteroatoms. The van der Waals surface area contributed by atoms with Crippen LogP contribution in [0.4, 0.5) is 0 Å². The first kappa shape index (κ1) is 19.2. The Bertz CT molecular complexity index is 799. The minimum Gasteiger partial charge on any atom is -0.360 e. The van der Waals surface area contributed by atoms with Crippen molar-refractivity contribution in [1.82, 2.24) is 15.0 Å². The molecule has 0 aromatic carbocycles. The predicted octanol–water partition coefficient (Wildman–Crippen LogP) is 2.16. The minimum absolute atomic E-state index is 0.0565. The van der Waals surface area contributed by atoms with Gasteiger partial charge >= 0.3 is 0 Å². The van der Waals surface area contributed by atoms with Crippen LogP contribution in [0.3, 0.4) is 0 Å². The van der Waals surface area contributed by atoms with Crippen molar-refractivity contribution >= 4 is 11.8 Å². The lowest BCUT2D eigenvalue weighted by Gasteiger charge is -2.27. The summed E-state index contributed by atoms with van der Waals surface area (Å²) < 4.78 is 11.5. The second-order valence-electron chi connectivity index (χ2n) is 8.43. The highest BCUT2D eigenvalue weighted by atomic mass is 16.5. The summed E-state index contributed by atoms with van der Waals surface area (Å²) in [4.78, 5) is 30.0. The van der Waals surface area contributed by atoms with Gasteiger partial charge < -0.3 is 19.1 Å². The Morgan fingerprint density at radius 3 is 2.82 bits per heavy atom. The molecule has 4 heterocycles. The molecule has 0 N–H and O–H groups in total. The molecule has 2 bridgehead atoms. The molecule has 2 saturated heterocycles. The number of amides is 2. The molecule has 0 radical (unpaired) electrons. The molecule has 2 fully saturated rings. The lowest BCUT2D eigenvalue weighted by molar-refractivity contribution is -0.143. The Labute approximate surface area is 165 Å². The Balaban J connectivity index is 1.52. The number of hydrogen-bond donors (Lipinski definition) is 0. The van der Waals surface area contributed by atoms with Crippen LogP contribution in [0.15, 0.2) is 22.7 Å². The van der Waals surface area contributed by atoms with Crippen molar-refractivity contribution in [3.63, 3.8) is 0 Å². The van der Waals surface area contributed by atoms with E-state index in [1.807, 2.05) is 30.0 Å². The van der Waals surface area contributed by atoms with Crippen LogP contribution >= 0.6 is 0 Å². The highest BCUT2D eigenvalue weighted by Gasteiger charge is 2.67. The van der Waals surface area contributed by atoms with Gasteiger partial charge in [-0.25, -0.2) is 0 Å². The third-order valence-corrected chi connectivity index (χ3v) is 6.54. The van der Waals surface area contributed by atoms with E-state index in [1.165, 1.54) is 0 Å². The molecule has 1 aromatic heterocycles. The van der Waals surface area contributed by atoms with Gasteiger partial charge in [0.05, 0.1) is 36.7 Å². The van der Waals surface area contributed by atoms with Crippen molar-refractivity contribution in [2.45, 2.75) is 51.9 Å². The van der Waals surface area contributed by atoms with E-state index in [2.05, 4.69) is 19.0 Å². The number of aryl methyl sites for hydroxylation is 1. The molecule has 0 aliphatic carbocycles. The largest absolute Gasteiger partial charge is 0.360 e. The van der Waals surface area contributed by atoms with E-state index >= 15 is 0 Å². The first-order chi connectivity index (χ1) is 13.4. The Morgan fingerprint density at radius 2 is 2.18 bits per heavy atom. The van der Waals surface area contributed by atoms with Gasteiger partial charge in [-0.05, 0) is 12.8 Å². The summed E-state index contributed by atoms with van der Waals surface area (Å²) in [5, 5.41) is 3.87. The van der Waals surface area contributed by atoms with Crippen LogP contribution in [0, 0.1) is 24.7 Å². The van der Waals surface area contributed by atoms with E-state index in [-0.39, 0.29) is 17.9 Å². The van der Waals surface area contributed by atoms with E-state index in [4.69, 9.17) is 9.26 Å². The van der Waals surface area contributed by atoms with E-state index in [1.54, 1.807) is 11.9 Å². The summed E-state index contributed by atoms with van der Waals surface area (Å²) in [7, 11) is 1.74. The quantitative estimate of drug-likeness (QED) is 0.670. The summed E-state index contributed by atoms with van der Waals surface area (Å²) in [5.41, 5.74) is 0.140. The van der Waals surface area contributed by atoms with Crippen LogP contribution in [0.5, 0.6) is 0 Å². The number of ether oxygens (including phenoxy) is 1. The topological polar surface area (TPSA) is 75.9 Å². The molecular formula is C21H29N3O4. The van der Waals surface area contributed by atoms with Crippen molar-refractivity contribution in [3.05, 3.63) is 29.7 Å². The van der Waals surface area contributed by atoms with Crippen LogP contribution in [0.1, 0.15) is 38.1 Å². The Hall–Kier alpha value is -2.15. The smallest absolute Gasteiger partial charge is 0.230 e. The first-order valence-corrected chi connectivity index (χ1v) is 10.2. The van der Waals surface area contributed by atoms with Gasteiger partial charge in [-0.1, -0.05) is 44.0 Å². The number of rotatable bonds is 7. The fraction of sp³-hybridized carbons (Fsp3) is 0.667. The van der Waals surface area contributed by atoms with Gasteiger partial charge in [-0.15, -0.1) is 0 Å². The second kappa shape index (κ2) is 7.03. The highest BCUT2D eigenvalue weighted by molar-refractivity contribution is 5.93. The number of carbonyl (C=O) groups is 2. The maximum absolute atomic E-state index is 13.3. The van der Waals surface area contributed by atoms with Gasteiger partial charge in [0.25, 0.3) is 0 Å². The molecule has 4 atom stereocenters. The fourth-order valence-corrected chi connectivity index (χ4v) is 4.93. The highest BCUT2D eigenvalue weighted by Crippen LogP contribution is 2.52. The molecule has 0 unspecified atom stereocenters. The van der Waals surface area contributed by atoms with Crippen molar-refractivity contribution < 1.29 is 18.8 Å². The first-order valence-electron chi connectivity index (χ1n) is 10.2. The molecule has 28 heavy (non-hydrogen) atoms. The zero-order chi connectivity index (χ0) is 20.1. The fourth-order valence-electron chi connectivity index (χ4n) is 4.93. The molecule has 1 aromatic rings. The number of hydrogen-bond acceptors (Lipinski definition) is 5. The molecule has 152 valence electrons. The van der Waals surface area contributed by atoms with Gasteiger partial charge in [0.15, 0.2) is 5.76 Å². The maximum Gasteiger partial charge on any atom is 0.230 e. The number of nitrogens with zero attached hydrogens (tertiary/aromatic N) is 3. The van der Waals surface area contributed by atoms with Crippen LogP contribution < -0.4 is 0 Å². The zero-order valence-corrected chi connectivity index (χ0v) is 17.1. The molecular weight excluding hydrogens is 358 g/mol. The number of likely N-dealkylation sites (tertiary alicyclic amines) is 1. The van der Waals surface area contributed by atoms with Crippen molar-refractivity contribution in [2.75, 3.05) is 20.1 Å². The minimum atomic E-state index is -0.641. The average molecular weight is 387 g/mol. The normalized spacial score (nSPS) is 30.5. The molecule has 3 aliphatic rings. The SMILES string of the molecule is CCC(CC)CN1C[C@]23C=C[C@H](O2)[C@@H](C(=O)N(C)Cc2cc(C)no2)[C@H]3C1=O. The molecule has 7 nitrogen and oxygen atoms in total. The van der Waals surface area contributed by atoms with E-state index < -0.39 is 17.4 Å². The van der Waals surface area contributed by atoms with Gasteiger partial charge in [0.2, 0.25) is 11.8 Å². The summed E-state index contributed by atoms with van der Waals surface area (Å²) >= 11 is 0. The van der Waals surface area contributed by atoms with Crippen molar-refractivity contribution in [2.24, 2.45) is 17.8 Å². The summed E-state index contributed by atoms with van der Waals surface area (Å²) in [6.45, 7) is 7.77.